The Balaban J connectivity index is 4.46. The van der Waals surface area contributed by atoms with E-state index >= 15 is 0 Å². The molecule has 0 saturated carbocycles. The molecule has 0 radical (unpaired) electrons. The van der Waals surface area contributed by atoms with Gasteiger partial charge < -0.3 is 0 Å². The molecule has 0 aliphatic carbocycles. The number of hydrogen-bond donors (Lipinski definition) is 0. The number of rotatable bonds is 4. The predicted molar refractivity (Wildman–Crippen MR) is 39.3 cm³/mol. The zero-order chi connectivity index (χ0) is 9.07. The van der Waals surface area contributed by atoms with Crippen molar-refractivity contribution in [3.05, 3.63) is 0 Å². The summed E-state index contributed by atoms with van der Waals surface area (Å²) in [5.41, 5.74) is -4.12. The highest BCUT2D eigenvalue weighted by atomic mass is 32.2. The summed E-state index contributed by atoms with van der Waals surface area (Å²) in [5.74, 6) is 0. The molecule has 5 heteroatoms. The smallest absolute Gasteiger partial charge is 0.214 e. The Hall–Kier alpha value is -0.190. The highest BCUT2D eigenvalue weighted by molar-refractivity contribution is 7.92. The molecule has 2 unspecified atom stereocenters. The average Bonchev–Trinajstić information content (AvgIpc) is 2.01. The highest BCUT2D eigenvalue weighted by Crippen LogP contribution is 2.17. The largest absolute Gasteiger partial charge is 0.230 e. The van der Waals surface area contributed by atoms with Crippen LogP contribution in [-0.2, 0) is 9.84 Å². The van der Waals surface area contributed by atoms with E-state index in [4.69, 9.17) is 0 Å². The van der Waals surface area contributed by atoms with Crippen molar-refractivity contribution < 1.29 is 17.2 Å². The van der Waals surface area contributed by atoms with Crippen LogP contribution in [0, 0.1) is 0 Å². The summed E-state index contributed by atoms with van der Waals surface area (Å²) in [6.45, 7) is 2.73. The average molecular weight is 186 g/mol. The van der Waals surface area contributed by atoms with Crippen LogP contribution in [0.15, 0.2) is 0 Å². The van der Waals surface area contributed by atoms with Crippen molar-refractivity contribution in [2.24, 2.45) is 0 Å². The Morgan fingerprint density at radius 3 is 1.55 bits per heavy atom. The first-order valence-corrected chi connectivity index (χ1v) is 5.08. The number of hydrogen-bond acceptors (Lipinski definition) is 2. The fourth-order valence-electron chi connectivity index (χ4n) is 0.625. The van der Waals surface area contributed by atoms with E-state index in [0.29, 0.717) is 0 Å². The molecule has 0 amide bonds. The van der Waals surface area contributed by atoms with Gasteiger partial charge in [0, 0.05) is 0 Å². The summed E-state index contributed by atoms with van der Waals surface area (Å²) in [5, 5.41) is 0. The van der Waals surface area contributed by atoms with Crippen molar-refractivity contribution in [1.82, 2.24) is 0 Å². The molecule has 68 valence electrons. The summed E-state index contributed by atoms with van der Waals surface area (Å²) in [4.78, 5) is 0. The van der Waals surface area contributed by atoms with Crippen LogP contribution in [0.4, 0.5) is 8.78 Å². The topological polar surface area (TPSA) is 34.1 Å². The Labute approximate surface area is 65.5 Å². The van der Waals surface area contributed by atoms with Gasteiger partial charge in [-0.2, -0.15) is 0 Å². The first-order chi connectivity index (χ1) is 4.96. The van der Waals surface area contributed by atoms with Crippen molar-refractivity contribution in [3.8, 4) is 0 Å². The lowest BCUT2D eigenvalue weighted by molar-refractivity contribution is 0.361. The number of sulfone groups is 1. The molecule has 0 aromatic carbocycles. The Morgan fingerprint density at radius 2 is 1.36 bits per heavy atom. The summed E-state index contributed by atoms with van der Waals surface area (Å²) < 4.78 is 46.5. The molecule has 0 aliphatic rings. The minimum atomic E-state index is -4.17. The molecule has 2 nitrogen and oxygen atoms in total. The fraction of sp³-hybridized carbons (Fsp3) is 1.00. The summed E-state index contributed by atoms with van der Waals surface area (Å²) in [7, 11) is -4.17. The van der Waals surface area contributed by atoms with Gasteiger partial charge in [0.25, 0.3) is 0 Å². The van der Waals surface area contributed by atoms with E-state index in [1.807, 2.05) is 0 Å². The summed E-state index contributed by atoms with van der Waals surface area (Å²) >= 11 is 0. The van der Waals surface area contributed by atoms with Crippen LogP contribution in [0.1, 0.15) is 26.7 Å². The molecule has 11 heavy (non-hydrogen) atoms. The molecule has 0 spiro atoms. The van der Waals surface area contributed by atoms with Crippen LogP contribution in [0.3, 0.4) is 0 Å². The van der Waals surface area contributed by atoms with Crippen molar-refractivity contribution in [3.63, 3.8) is 0 Å². The molecule has 0 aliphatic heterocycles. The van der Waals surface area contributed by atoms with Gasteiger partial charge in [-0.05, 0) is 12.8 Å². The zero-order valence-electron chi connectivity index (χ0n) is 6.55. The van der Waals surface area contributed by atoms with Gasteiger partial charge in [0.2, 0.25) is 20.8 Å². The second kappa shape index (κ2) is 3.99. The Morgan fingerprint density at radius 1 is 1.09 bits per heavy atom. The maximum Gasteiger partial charge on any atom is 0.214 e. The van der Waals surface area contributed by atoms with Crippen molar-refractivity contribution in [2.45, 2.75) is 37.7 Å². The zero-order valence-corrected chi connectivity index (χ0v) is 7.37. The monoisotopic (exact) mass is 186 g/mol. The van der Waals surface area contributed by atoms with Crippen molar-refractivity contribution in [1.29, 1.82) is 0 Å². The van der Waals surface area contributed by atoms with E-state index < -0.39 is 20.8 Å². The Bertz CT molecular complexity index is 185. The van der Waals surface area contributed by atoms with E-state index in [9.17, 15) is 17.2 Å². The van der Waals surface area contributed by atoms with E-state index in [-0.39, 0.29) is 12.8 Å². The Kier molecular flexibility index (Phi) is 3.92. The molecule has 2 atom stereocenters. The molecule has 0 aromatic heterocycles. The lowest BCUT2D eigenvalue weighted by atomic mass is 10.5. The quantitative estimate of drug-likeness (QED) is 0.671. The number of halogens is 2. The van der Waals surface area contributed by atoms with Crippen LogP contribution in [0.25, 0.3) is 0 Å². The second-order valence-corrected chi connectivity index (χ2v) is 4.43. The van der Waals surface area contributed by atoms with Gasteiger partial charge in [-0.25, -0.2) is 17.2 Å². The third-order valence-corrected chi connectivity index (χ3v) is 3.45. The minimum absolute atomic E-state index is 0.192. The van der Waals surface area contributed by atoms with Gasteiger partial charge in [0.15, 0.2) is 0 Å². The summed E-state index contributed by atoms with van der Waals surface area (Å²) in [6, 6.07) is 0. The number of alkyl halides is 2. The maximum atomic E-state index is 12.5. The van der Waals surface area contributed by atoms with Crippen LogP contribution < -0.4 is 0 Å². The first kappa shape index (κ1) is 10.8. The molecule has 0 N–H and O–H groups in total. The lowest BCUT2D eigenvalue weighted by Gasteiger charge is -2.09. The molecule has 0 rings (SSSR count). The molecule has 0 fully saturated rings. The lowest BCUT2D eigenvalue weighted by Crippen LogP contribution is -2.25. The molecule has 0 heterocycles. The summed E-state index contributed by atoms with van der Waals surface area (Å²) in [6.07, 6.45) is -0.383. The molecular formula is C6H12F2O2S. The van der Waals surface area contributed by atoms with Gasteiger partial charge in [-0.15, -0.1) is 0 Å². The minimum Gasteiger partial charge on any atom is -0.230 e. The van der Waals surface area contributed by atoms with Gasteiger partial charge in [0.1, 0.15) is 0 Å². The predicted octanol–water partition coefficient (Wildman–Crippen LogP) is 1.81. The molecular weight excluding hydrogens is 174 g/mol. The third-order valence-electron chi connectivity index (χ3n) is 1.35. The first-order valence-electron chi connectivity index (χ1n) is 3.47. The van der Waals surface area contributed by atoms with E-state index in [1.54, 1.807) is 0 Å². The SMILES string of the molecule is CCC(F)S(=O)(=O)C(F)CC. The molecule has 0 aromatic rings. The van der Waals surface area contributed by atoms with Crippen molar-refractivity contribution >= 4 is 9.84 Å². The van der Waals surface area contributed by atoms with Gasteiger partial charge in [-0.1, -0.05) is 13.8 Å². The van der Waals surface area contributed by atoms with Gasteiger partial charge in [-0.3, -0.25) is 0 Å². The fourth-order valence-corrected chi connectivity index (χ4v) is 1.87. The van der Waals surface area contributed by atoms with Gasteiger partial charge >= 0.3 is 0 Å². The van der Waals surface area contributed by atoms with Gasteiger partial charge in [0.05, 0.1) is 0 Å². The van der Waals surface area contributed by atoms with Crippen LogP contribution in [0.2, 0.25) is 0 Å². The maximum absolute atomic E-state index is 12.5. The normalized spacial score (nSPS) is 17.8. The van der Waals surface area contributed by atoms with E-state index in [1.165, 1.54) is 13.8 Å². The van der Waals surface area contributed by atoms with Crippen molar-refractivity contribution in [2.75, 3.05) is 0 Å². The molecule has 0 saturated heterocycles. The van der Waals surface area contributed by atoms with Crippen LogP contribution in [-0.4, -0.2) is 19.4 Å². The second-order valence-electron chi connectivity index (χ2n) is 2.23. The third kappa shape index (κ3) is 2.39. The van der Waals surface area contributed by atoms with E-state index in [2.05, 4.69) is 0 Å². The van der Waals surface area contributed by atoms with Crippen LogP contribution >= 0.6 is 0 Å². The molecule has 0 bridgehead atoms. The van der Waals surface area contributed by atoms with E-state index in [0.717, 1.165) is 0 Å². The van der Waals surface area contributed by atoms with Crippen LogP contribution in [0.5, 0.6) is 0 Å². The highest BCUT2D eigenvalue weighted by Gasteiger charge is 2.31. The standard InChI is InChI=1S/C6H12F2O2S/c1-3-5(7)11(9,10)6(8)4-2/h5-6H,3-4H2,1-2H3.